The minimum Gasteiger partial charge on any atom is -0.465 e. The Bertz CT molecular complexity index is 514. The first-order chi connectivity index (χ1) is 9.61. The Morgan fingerprint density at radius 2 is 2.14 bits per heavy atom. The number of hydrogen-bond donors (Lipinski definition) is 2. The average molecular weight is 313 g/mol. The Hall–Kier alpha value is -1.59. The van der Waals surface area contributed by atoms with Crippen LogP contribution in [-0.2, 0) is 9.53 Å². The van der Waals surface area contributed by atoms with Crippen molar-refractivity contribution in [3.05, 3.63) is 29.3 Å². The molecule has 5 nitrogen and oxygen atoms in total. The van der Waals surface area contributed by atoms with Gasteiger partial charge in [0.05, 0.1) is 18.6 Å². The van der Waals surface area contributed by atoms with Gasteiger partial charge in [0, 0.05) is 12.2 Å². The molecule has 0 aromatic heterocycles. The van der Waals surface area contributed by atoms with Crippen molar-refractivity contribution in [2.45, 2.75) is 19.8 Å². The molecule has 1 heterocycles. The summed E-state index contributed by atoms with van der Waals surface area (Å²) < 4.78 is 4.69. The van der Waals surface area contributed by atoms with Gasteiger partial charge >= 0.3 is 5.97 Å². The van der Waals surface area contributed by atoms with Crippen LogP contribution >= 0.6 is 12.4 Å². The standard InChI is InChI=1S/C15H20N2O3.ClH/c1-10-5-6-11(15(19)20-2)8-13(10)17-14(18)12-4-3-7-16-9-12;/h5-6,8,12,16H,3-4,7,9H2,1-2H3,(H,17,18);1H. The molecule has 1 aromatic carbocycles. The van der Waals surface area contributed by atoms with E-state index in [4.69, 9.17) is 4.74 Å². The van der Waals surface area contributed by atoms with E-state index in [1.54, 1.807) is 18.2 Å². The molecule has 1 aliphatic rings. The average Bonchev–Trinajstić information content (AvgIpc) is 2.49. The number of ether oxygens (including phenoxy) is 1. The number of aryl methyl sites for hydroxylation is 1. The van der Waals surface area contributed by atoms with E-state index >= 15 is 0 Å². The smallest absolute Gasteiger partial charge is 0.337 e. The highest BCUT2D eigenvalue weighted by atomic mass is 35.5. The van der Waals surface area contributed by atoms with Crippen molar-refractivity contribution in [3.63, 3.8) is 0 Å². The van der Waals surface area contributed by atoms with Crippen molar-refractivity contribution in [1.82, 2.24) is 5.32 Å². The Balaban J connectivity index is 0.00000220. The van der Waals surface area contributed by atoms with Crippen molar-refractivity contribution in [3.8, 4) is 0 Å². The van der Waals surface area contributed by atoms with E-state index in [0.717, 1.165) is 24.9 Å². The maximum absolute atomic E-state index is 12.2. The number of carbonyl (C=O) groups excluding carboxylic acids is 2. The second-order valence-electron chi connectivity index (χ2n) is 5.05. The van der Waals surface area contributed by atoms with Crippen LogP contribution in [0.3, 0.4) is 0 Å². The summed E-state index contributed by atoms with van der Waals surface area (Å²) in [7, 11) is 1.34. The number of piperidine rings is 1. The first-order valence-corrected chi connectivity index (χ1v) is 6.82. The molecular weight excluding hydrogens is 292 g/mol. The molecule has 0 radical (unpaired) electrons. The second kappa shape index (κ2) is 8.00. The van der Waals surface area contributed by atoms with E-state index in [1.807, 2.05) is 6.92 Å². The monoisotopic (exact) mass is 312 g/mol. The van der Waals surface area contributed by atoms with Crippen LogP contribution in [0, 0.1) is 12.8 Å². The number of nitrogens with one attached hydrogen (secondary N) is 2. The van der Waals surface area contributed by atoms with Gasteiger partial charge in [-0.15, -0.1) is 12.4 Å². The van der Waals surface area contributed by atoms with Crippen LogP contribution in [0.4, 0.5) is 5.69 Å². The highest BCUT2D eigenvalue weighted by Gasteiger charge is 2.21. The van der Waals surface area contributed by atoms with Gasteiger partial charge in [-0.25, -0.2) is 4.79 Å². The molecule has 1 atom stereocenters. The number of methoxy groups -OCH3 is 1. The van der Waals surface area contributed by atoms with Gasteiger partial charge in [-0.1, -0.05) is 6.07 Å². The van der Waals surface area contributed by atoms with Crippen LogP contribution in [0.15, 0.2) is 18.2 Å². The summed E-state index contributed by atoms with van der Waals surface area (Å²) in [6, 6.07) is 5.16. The predicted octanol–water partition coefficient (Wildman–Crippen LogP) is 2.14. The molecule has 0 aliphatic carbocycles. The molecule has 6 heteroatoms. The lowest BCUT2D eigenvalue weighted by Crippen LogP contribution is -2.37. The fraction of sp³-hybridized carbons (Fsp3) is 0.467. The summed E-state index contributed by atoms with van der Waals surface area (Å²) in [5.74, 6) is -0.410. The van der Waals surface area contributed by atoms with Crippen LogP contribution in [0.5, 0.6) is 0 Å². The number of esters is 1. The molecule has 1 aliphatic heterocycles. The van der Waals surface area contributed by atoms with E-state index in [0.29, 0.717) is 17.8 Å². The minimum absolute atomic E-state index is 0. The minimum atomic E-state index is -0.403. The summed E-state index contributed by atoms with van der Waals surface area (Å²) in [6.45, 7) is 3.58. The summed E-state index contributed by atoms with van der Waals surface area (Å²) >= 11 is 0. The van der Waals surface area contributed by atoms with Crippen LogP contribution in [0.2, 0.25) is 0 Å². The van der Waals surface area contributed by atoms with Gasteiger partial charge in [0.25, 0.3) is 0 Å². The summed E-state index contributed by atoms with van der Waals surface area (Å²) in [5.41, 5.74) is 2.04. The molecule has 0 bridgehead atoms. The number of hydrogen-bond acceptors (Lipinski definition) is 4. The third-order valence-corrected chi connectivity index (χ3v) is 3.58. The van der Waals surface area contributed by atoms with E-state index < -0.39 is 5.97 Å². The zero-order chi connectivity index (χ0) is 14.5. The molecule has 2 N–H and O–H groups in total. The van der Waals surface area contributed by atoms with Crippen LogP contribution in [0.1, 0.15) is 28.8 Å². The summed E-state index contributed by atoms with van der Waals surface area (Å²) in [6.07, 6.45) is 1.91. The fourth-order valence-electron chi connectivity index (χ4n) is 2.31. The molecule has 2 rings (SSSR count). The molecule has 0 saturated carbocycles. The zero-order valence-corrected chi connectivity index (χ0v) is 13.1. The summed E-state index contributed by atoms with van der Waals surface area (Å²) in [5, 5.41) is 6.13. The number of benzene rings is 1. The second-order valence-corrected chi connectivity index (χ2v) is 5.05. The van der Waals surface area contributed by atoms with Crippen LogP contribution < -0.4 is 10.6 Å². The molecule has 1 saturated heterocycles. The molecule has 1 unspecified atom stereocenters. The lowest BCUT2D eigenvalue weighted by Gasteiger charge is -2.22. The zero-order valence-electron chi connectivity index (χ0n) is 12.3. The van der Waals surface area contributed by atoms with Gasteiger partial charge in [0.2, 0.25) is 5.91 Å². The topological polar surface area (TPSA) is 67.4 Å². The molecule has 1 aromatic rings. The van der Waals surface area contributed by atoms with Crippen molar-refractivity contribution in [2.24, 2.45) is 5.92 Å². The first-order valence-electron chi connectivity index (χ1n) is 6.82. The number of amides is 1. The van der Waals surface area contributed by atoms with Crippen LogP contribution in [-0.4, -0.2) is 32.1 Å². The van der Waals surface area contributed by atoms with Gasteiger partial charge < -0.3 is 15.4 Å². The number of anilines is 1. The maximum Gasteiger partial charge on any atom is 0.337 e. The van der Waals surface area contributed by atoms with Gasteiger partial charge in [0.1, 0.15) is 0 Å². The van der Waals surface area contributed by atoms with Gasteiger partial charge in [-0.05, 0) is 44.0 Å². The SMILES string of the molecule is COC(=O)c1ccc(C)c(NC(=O)C2CCCNC2)c1.Cl. The third kappa shape index (κ3) is 4.44. The number of carbonyl (C=O) groups is 2. The Labute approximate surface area is 130 Å². The van der Waals surface area contributed by atoms with Crippen molar-refractivity contribution in [1.29, 1.82) is 0 Å². The lowest BCUT2D eigenvalue weighted by molar-refractivity contribution is -0.120. The predicted molar refractivity (Wildman–Crippen MR) is 84.0 cm³/mol. The highest BCUT2D eigenvalue weighted by Crippen LogP contribution is 2.20. The van der Waals surface area contributed by atoms with E-state index in [-0.39, 0.29) is 24.2 Å². The van der Waals surface area contributed by atoms with Gasteiger partial charge in [0.15, 0.2) is 0 Å². The Morgan fingerprint density at radius 3 is 2.76 bits per heavy atom. The molecular formula is C15H21ClN2O3. The van der Waals surface area contributed by atoms with Gasteiger partial charge in [-0.2, -0.15) is 0 Å². The van der Waals surface area contributed by atoms with Gasteiger partial charge in [-0.3, -0.25) is 4.79 Å². The number of rotatable bonds is 3. The first kappa shape index (κ1) is 17.5. The molecule has 116 valence electrons. The van der Waals surface area contributed by atoms with E-state index in [1.165, 1.54) is 7.11 Å². The largest absolute Gasteiger partial charge is 0.465 e. The lowest BCUT2D eigenvalue weighted by atomic mass is 9.98. The third-order valence-electron chi connectivity index (χ3n) is 3.58. The van der Waals surface area contributed by atoms with E-state index in [9.17, 15) is 9.59 Å². The molecule has 1 fully saturated rings. The van der Waals surface area contributed by atoms with Crippen molar-refractivity contribution in [2.75, 3.05) is 25.5 Å². The highest BCUT2D eigenvalue weighted by molar-refractivity contribution is 5.96. The maximum atomic E-state index is 12.2. The Kier molecular flexibility index (Phi) is 6.65. The normalized spacial score (nSPS) is 17.5. The quantitative estimate of drug-likeness (QED) is 0.839. The molecule has 0 spiro atoms. The molecule has 21 heavy (non-hydrogen) atoms. The van der Waals surface area contributed by atoms with Crippen molar-refractivity contribution >= 4 is 30.0 Å². The summed E-state index contributed by atoms with van der Waals surface area (Å²) in [4.78, 5) is 23.7. The van der Waals surface area contributed by atoms with Crippen molar-refractivity contribution < 1.29 is 14.3 Å². The molecule has 1 amide bonds. The number of halogens is 1. The Morgan fingerprint density at radius 1 is 1.38 bits per heavy atom. The fourth-order valence-corrected chi connectivity index (χ4v) is 2.31. The van der Waals surface area contributed by atoms with Crippen LogP contribution in [0.25, 0.3) is 0 Å². The van der Waals surface area contributed by atoms with E-state index in [2.05, 4.69) is 10.6 Å².